The van der Waals surface area contributed by atoms with Crippen molar-refractivity contribution < 1.29 is 0 Å². The van der Waals surface area contributed by atoms with Gasteiger partial charge in [-0.2, -0.15) is 11.8 Å². The Morgan fingerprint density at radius 1 is 1.33 bits per heavy atom. The SMILES string of the molecule is CCCC(CNC)N1CC(C)SC(C)C1. The van der Waals surface area contributed by atoms with Crippen LogP contribution in [0.15, 0.2) is 0 Å². The van der Waals surface area contributed by atoms with Gasteiger partial charge in [0.25, 0.3) is 0 Å². The molecule has 1 fully saturated rings. The molecule has 3 atom stereocenters. The molecule has 90 valence electrons. The zero-order chi connectivity index (χ0) is 11.3. The molecule has 1 N–H and O–H groups in total. The van der Waals surface area contributed by atoms with Crippen LogP contribution in [-0.2, 0) is 0 Å². The Labute approximate surface area is 99.2 Å². The summed E-state index contributed by atoms with van der Waals surface area (Å²) in [6.07, 6.45) is 2.61. The van der Waals surface area contributed by atoms with Crippen molar-refractivity contribution in [2.45, 2.75) is 50.2 Å². The Bertz CT molecular complexity index is 159. The molecule has 0 bridgehead atoms. The van der Waals surface area contributed by atoms with Gasteiger partial charge >= 0.3 is 0 Å². The highest BCUT2D eigenvalue weighted by molar-refractivity contribution is 8.00. The van der Waals surface area contributed by atoms with E-state index in [1.54, 1.807) is 0 Å². The number of nitrogens with one attached hydrogen (secondary N) is 1. The molecule has 15 heavy (non-hydrogen) atoms. The molecule has 3 heteroatoms. The smallest absolute Gasteiger partial charge is 0.0221 e. The number of likely N-dealkylation sites (N-methyl/N-ethyl adjacent to an activating group) is 1. The summed E-state index contributed by atoms with van der Waals surface area (Å²) in [4.78, 5) is 2.69. The van der Waals surface area contributed by atoms with Crippen molar-refractivity contribution in [2.24, 2.45) is 0 Å². The fraction of sp³-hybridized carbons (Fsp3) is 1.00. The van der Waals surface area contributed by atoms with Crippen molar-refractivity contribution in [2.75, 3.05) is 26.7 Å². The number of hydrogen-bond acceptors (Lipinski definition) is 3. The largest absolute Gasteiger partial charge is 0.318 e. The first kappa shape index (κ1) is 13.3. The summed E-state index contributed by atoms with van der Waals surface area (Å²) in [5, 5.41) is 4.92. The van der Waals surface area contributed by atoms with Crippen molar-refractivity contribution in [1.82, 2.24) is 10.2 Å². The lowest BCUT2D eigenvalue weighted by molar-refractivity contribution is 0.181. The summed E-state index contributed by atoms with van der Waals surface area (Å²) in [5.74, 6) is 0. The highest BCUT2D eigenvalue weighted by Crippen LogP contribution is 2.26. The molecule has 0 amide bonds. The van der Waals surface area contributed by atoms with Gasteiger partial charge in [-0.25, -0.2) is 0 Å². The molecule has 3 unspecified atom stereocenters. The minimum absolute atomic E-state index is 0.741. The molecule has 0 radical (unpaired) electrons. The van der Waals surface area contributed by atoms with Gasteiger partial charge in [0, 0.05) is 36.2 Å². The summed E-state index contributed by atoms with van der Waals surface area (Å²) in [6.45, 7) is 10.7. The van der Waals surface area contributed by atoms with E-state index in [9.17, 15) is 0 Å². The fourth-order valence-corrected chi connectivity index (χ4v) is 3.85. The summed E-state index contributed by atoms with van der Waals surface area (Å²) >= 11 is 2.14. The second-order valence-corrected chi connectivity index (χ2v) is 6.59. The molecular formula is C12H26N2S. The highest BCUT2D eigenvalue weighted by Gasteiger charge is 2.26. The fourth-order valence-electron chi connectivity index (χ4n) is 2.50. The Kier molecular flexibility index (Phi) is 6.02. The van der Waals surface area contributed by atoms with Gasteiger partial charge in [-0.15, -0.1) is 0 Å². The zero-order valence-corrected chi connectivity index (χ0v) is 11.4. The topological polar surface area (TPSA) is 15.3 Å². The first-order chi connectivity index (χ1) is 7.17. The van der Waals surface area contributed by atoms with Crippen molar-refractivity contribution >= 4 is 11.8 Å². The third-order valence-corrected chi connectivity index (χ3v) is 4.25. The van der Waals surface area contributed by atoms with Crippen LogP contribution < -0.4 is 5.32 Å². The molecule has 1 saturated heterocycles. The first-order valence-corrected chi connectivity index (χ1v) is 7.15. The molecule has 1 aliphatic heterocycles. The quantitative estimate of drug-likeness (QED) is 0.779. The van der Waals surface area contributed by atoms with Gasteiger partial charge in [0.1, 0.15) is 0 Å². The van der Waals surface area contributed by atoms with Gasteiger partial charge in [0.2, 0.25) is 0 Å². The summed E-state index contributed by atoms with van der Waals surface area (Å²) in [5.41, 5.74) is 0. The van der Waals surface area contributed by atoms with E-state index in [-0.39, 0.29) is 0 Å². The van der Waals surface area contributed by atoms with Crippen molar-refractivity contribution in [1.29, 1.82) is 0 Å². The summed E-state index contributed by atoms with van der Waals surface area (Å²) in [6, 6.07) is 0.741. The zero-order valence-electron chi connectivity index (χ0n) is 10.6. The van der Waals surface area contributed by atoms with E-state index in [0.717, 1.165) is 23.1 Å². The first-order valence-electron chi connectivity index (χ1n) is 6.21. The maximum absolute atomic E-state index is 3.33. The maximum Gasteiger partial charge on any atom is 0.0221 e. The standard InChI is InChI=1S/C12H26N2S/c1-5-6-12(7-13-4)14-8-10(2)15-11(3)9-14/h10-13H,5-9H2,1-4H3. The van der Waals surface area contributed by atoms with Crippen molar-refractivity contribution in [3.05, 3.63) is 0 Å². The lowest BCUT2D eigenvalue weighted by Gasteiger charge is -2.39. The van der Waals surface area contributed by atoms with E-state index in [0.29, 0.717) is 0 Å². The number of nitrogens with zero attached hydrogens (tertiary/aromatic N) is 1. The predicted molar refractivity (Wildman–Crippen MR) is 70.7 cm³/mol. The molecular weight excluding hydrogens is 204 g/mol. The van der Waals surface area contributed by atoms with Crippen LogP contribution in [0.2, 0.25) is 0 Å². The molecule has 1 heterocycles. The van der Waals surface area contributed by atoms with Crippen LogP contribution in [0.4, 0.5) is 0 Å². The Morgan fingerprint density at radius 2 is 1.93 bits per heavy atom. The van der Waals surface area contributed by atoms with E-state index in [2.05, 4.69) is 49.8 Å². The minimum atomic E-state index is 0.741. The summed E-state index contributed by atoms with van der Waals surface area (Å²) < 4.78 is 0. The van der Waals surface area contributed by atoms with Gasteiger partial charge < -0.3 is 5.32 Å². The summed E-state index contributed by atoms with van der Waals surface area (Å²) in [7, 11) is 2.06. The molecule has 0 spiro atoms. The van der Waals surface area contributed by atoms with Crippen molar-refractivity contribution in [3.63, 3.8) is 0 Å². The Morgan fingerprint density at radius 3 is 2.40 bits per heavy atom. The molecule has 0 aromatic carbocycles. The molecule has 0 aromatic rings. The van der Waals surface area contributed by atoms with E-state index >= 15 is 0 Å². The van der Waals surface area contributed by atoms with Crippen LogP contribution in [-0.4, -0.2) is 48.1 Å². The van der Waals surface area contributed by atoms with Crippen LogP contribution >= 0.6 is 11.8 Å². The van der Waals surface area contributed by atoms with E-state index < -0.39 is 0 Å². The molecule has 0 saturated carbocycles. The second kappa shape index (κ2) is 6.77. The third-order valence-electron chi connectivity index (χ3n) is 3.03. The molecule has 0 aliphatic carbocycles. The van der Waals surface area contributed by atoms with Gasteiger partial charge in [-0.3, -0.25) is 4.90 Å². The monoisotopic (exact) mass is 230 g/mol. The van der Waals surface area contributed by atoms with Gasteiger partial charge in [-0.05, 0) is 13.5 Å². The molecule has 2 nitrogen and oxygen atoms in total. The molecule has 1 aliphatic rings. The lowest BCUT2D eigenvalue weighted by Crippen LogP contribution is -2.49. The molecule has 1 rings (SSSR count). The van der Waals surface area contributed by atoms with Crippen LogP contribution in [0.25, 0.3) is 0 Å². The minimum Gasteiger partial charge on any atom is -0.318 e. The second-order valence-electron chi connectivity index (χ2n) is 4.71. The maximum atomic E-state index is 3.33. The van der Waals surface area contributed by atoms with Gasteiger partial charge in [-0.1, -0.05) is 27.2 Å². The number of thioether (sulfide) groups is 1. The van der Waals surface area contributed by atoms with E-state index in [1.165, 1.54) is 25.9 Å². The van der Waals surface area contributed by atoms with Crippen LogP contribution in [0.5, 0.6) is 0 Å². The van der Waals surface area contributed by atoms with Crippen molar-refractivity contribution in [3.8, 4) is 0 Å². The lowest BCUT2D eigenvalue weighted by atomic mass is 10.1. The third kappa shape index (κ3) is 4.33. The molecule has 0 aromatic heterocycles. The highest BCUT2D eigenvalue weighted by atomic mass is 32.2. The van der Waals surface area contributed by atoms with Gasteiger partial charge in [0.05, 0.1) is 0 Å². The number of hydrogen-bond donors (Lipinski definition) is 1. The van der Waals surface area contributed by atoms with Crippen LogP contribution in [0.3, 0.4) is 0 Å². The Hall–Kier alpha value is 0.270. The predicted octanol–water partition coefficient (Wildman–Crippen LogP) is 2.20. The normalized spacial score (nSPS) is 30.4. The van der Waals surface area contributed by atoms with E-state index in [1.807, 2.05) is 0 Å². The van der Waals surface area contributed by atoms with E-state index in [4.69, 9.17) is 0 Å². The Balaban J connectivity index is 2.49. The van der Waals surface area contributed by atoms with Crippen LogP contribution in [0, 0.1) is 0 Å². The number of rotatable bonds is 5. The van der Waals surface area contributed by atoms with Crippen LogP contribution in [0.1, 0.15) is 33.6 Å². The van der Waals surface area contributed by atoms with Gasteiger partial charge in [0.15, 0.2) is 0 Å². The average Bonchev–Trinajstić information content (AvgIpc) is 2.16. The average molecular weight is 230 g/mol.